The summed E-state index contributed by atoms with van der Waals surface area (Å²) in [5.74, 6) is 0.326. The Balaban J connectivity index is 0.000000229. The van der Waals surface area contributed by atoms with Crippen LogP contribution >= 0.6 is 11.6 Å². The molecule has 0 aliphatic carbocycles. The number of nitrogens with one attached hydrogen (secondary N) is 1. The highest BCUT2D eigenvalue weighted by atomic mass is 35.5. The Kier molecular flexibility index (Phi) is 8.03. The van der Waals surface area contributed by atoms with Crippen molar-refractivity contribution in [3.8, 4) is 0 Å². The molecule has 2 aromatic rings. The van der Waals surface area contributed by atoms with Gasteiger partial charge in [-0.05, 0) is 43.9 Å². The van der Waals surface area contributed by atoms with Crippen LogP contribution in [-0.4, -0.2) is 69.8 Å². The Morgan fingerprint density at radius 3 is 2.16 bits per heavy atom. The minimum atomic E-state index is 0.152. The summed E-state index contributed by atoms with van der Waals surface area (Å²) in [5.41, 5.74) is 8.22. The van der Waals surface area contributed by atoms with Gasteiger partial charge in [0.2, 0.25) is 11.8 Å². The van der Waals surface area contributed by atoms with Gasteiger partial charge in [0, 0.05) is 52.1 Å². The third kappa shape index (κ3) is 6.77. The zero-order valence-electron chi connectivity index (χ0n) is 18.2. The maximum atomic E-state index is 11.3. The van der Waals surface area contributed by atoms with Gasteiger partial charge in [0.05, 0.1) is 22.9 Å². The van der Waals surface area contributed by atoms with Crippen LogP contribution < -0.4 is 11.1 Å². The predicted octanol–water partition coefficient (Wildman–Crippen LogP) is 2.66. The minimum Gasteiger partial charge on any atom is -0.381 e. The highest BCUT2D eigenvalue weighted by Crippen LogP contribution is 2.20. The summed E-state index contributed by atoms with van der Waals surface area (Å²) in [7, 11) is 0. The number of halogens is 1. The molecule has 4 rings (SSSR count). The molecule has 4 heterocycles. The van der Waals surface area contributed by atoms with Crippen molar-refractivity contribution in [3.63, 3.8) is 0 Å². The van der Waals surface area contributed by atoms with Crippen LogP contribution in [0.15, 0.2) is 24.4 Å². The zero-order chi connectivity index (χ0) is 22.4. The van der Waals surface area contributed by atoms with Crippen LogP contribution in [0.1, 0.15) is 39.5 Å². The molecule has 0 atom stereocenters. The van der Waals surface area contributed by atoms with Crippen LogP contribution in [0.2, 0.25) is 5.15 Å². The van der Waals surface area contributed by atoms with E-state index in [0.29, 0.717) is 17.2 Å². The summed E-state index contributed by atoms with van der Waals surface area (Å²) in [4.78, 5) is 34.5. The molecule has 0 spiro atoms. The molecule has 2 aliphatic heterocycles. The van der Waals surface area contributed by atoms with Gasteiger partial charge in [-0.1, -0.05) is 11.6 Å². The number of nitrogens with zero attached hydrogens (tertiary/aromatic N) is 4. The topological polar surface area (TPSA) is 104 Å². The smallest absolute Gasteiger partial charge is 0.219 e. The number of rotatable bonds is 2. The Hall–Kier alpha value is -2.45. The first-order valence-electron chi connectivity index (χ1n) is 10.8. The highest BCUT2D eigenvalue weighted by molar-refractivity contribution is 6.29. The van der Waals surface area contributed by atoms with E-state index in [4.69, 9.17) is 17.3 Å². The van der Waals surface area contributed by atoms with Crippen molar-refractivity contribution in [1.82, 2.24) is 19.8 Å². The molecule has 2 aromatic heterocycles. The molecule has 31 heavy (non-hydrogen) atoms. The number of anilines is 1. The van der Waals surface area contributed by atoms with E-state index in [-0.39, 0.29) is 11.8 Å². The van der Waals surface area contributed by atoms with Crippen LogP contribution in [-0.2, 0) is 9.59 Å². The van der Waals surface area contributed by atoms with Crippen molar-refractivity contribution >= 4 is 40.1 Å². The summed E-state index contributed by atoms with van der Waals surface area (Å²) in [6.45, 7) is 6.52. The number of hydrogen-bond donors (Lipinski definition) is 2. The minimum absolute atomic E-state index is 0.152. The molecule has 3 N–H and O–H groups in total. The fourth-order valence-corrected chi connectivity index (χ4v) is 4.00. The van der Waals surface area contributed by atoms with Gasteiger partial charge in [-0.15, -0.1) is 0 Å². The molecular weight excluding hydrogens is 416 g/mol. The summed E-state index contributed by atoms with van der Waals surface area (Å²) >= 11 is 5.91. The molecule has 2 amide bonds. The number of aromatic nitrogens is 2. The van der Waals surface area contributed by atoms with Crippen LogP contribution in [0.5, 0.6) is 0 Å². The number of amides is 2. The first-order valence-corrected chi connectivity index (χ1v) is 11.1. The summed E-state index contributed by atoms with van der Waals surface area (Å²) in [6.07, 6.45) is 5.62. The quantitative estimate of drug-likeness (QED) is 0.687. The van der Waals surface area contributed by atoms with Crippen molar-refractivity contribution < 1.29 is 9.59 Å². The number of carbonyl (C=O) groups excluding carboxylic acids is 2. The molecule has 0 radical (unpaired) electrons. The van der Waals surface area contributed by atoms with Gasteiger partial charge < -0.3 is 20.9 Å². The van der Waals surface area contributed by atoms with E-state index in [1.54, 1.807) is 19.9 Å². The van der Waals surface area contributed by atoms with Crippen molar-refractivity contribution in [2.45, 2.75) is 51.6 Å². The SMILES string of the molecule is CC(=O)N1CCC(N)CC1.CC(=O)N1CCC(Nc2cnc3ccc(Cl)nc3c2)CC1. The maximum absolute atomic E-state index is 11.3. The summed E-state index contributed by atoms with van der Waals surface area (Å²) in [6, 6.07) is 6.24. The molecule has 0 saturated carbocycles. The van der Waals surface area contributed by atoms with E-state index in [1.165, 1.54) is 0 Å². The van der Waals surface area contributed by atoms with Crippen LogP contribution in [0.25, 0.3) is 11.0 Å². The first-order chi connectivity index (χ1) is 14.8. The van der Waals surface area contributed by atoms with Gasteiger partial charge in [-0.2, -0.15) is 0 Å². The molecule has 2 aliphatic rings. The number of hydrogen-bond acceptors (Lipinski definition) is 6. The summed E-state index contributed by atoms with van der Waals surface area (Å²) < 4.78 is 0. The van der Waals surface area contributed by atoms with Crippen molar-refractivity contribution in [2.24, 2.45) is 5.73 Å². The average molecular weight is 447 g/mol. The fraction of sp³-hybridized carbons (Fsp3) is 0.545. The molecule has 8 nitrogen and oxygen atoms in total. The number of pyridine rings is 2. The lowest BCUT2D eigenvalue weighted by molar-refractivity contribution is -0.130. The molecular formula is C22H31ClN6O2. The fourth-order valence-electron chi connectivity index (χ4n) is 3.85. The lowest BCUT2D eigenvalue weighted by Crippen LogP contribution is -2.41. The van der Waals surface area contributed by atoms with Gasteiger partial charge in [0.15, 0.2) is 0 Å². The number of fused-ring (bicyclic) bond motifs is 1. The molecule has 0 bridgehead atoms. The third-order valence-corrected chi connectivity index (χ3v) is 6.01. The van der Waals surface area contributed by atoms with E-state index in [0.717, 1.165) is 68.6 Å². The van der Waals surface area contributed by atoms with Crippen molar-refractivity contribution in [2.75, 3.05) is 31.5 Å². The lowest BCUT2D eigenvalue weighted by atomic mass is 10.0. The highest BCUT2D eigenvalue weighted by Gasteiger charge is 2.20. The van der Waals surface area contributed by atoms with Crippen molar-refractivity contribution in [1.29, 1.82) is 0 Å². The second-order valence-corrected chi connectivity index (χ2v) is 8.55. The van der Waals surface area contributed by atoms with Crippen LogP contribution in [0.4, 0.5) is 5.69 Å². The third-order valence-electron chi connectivity index (χ3n) is 5.80. The van der Waals surface area contributed by atoms with E-state index < -0.39 is 0 Å². The van der Waals surface area contributed by atoms with Crippen LogP contribution in [0.3, 0.4) is 0 Å². The van der Waals surface area contributed by atoms with Gasteiger partial charge >= 0.3 is 0 Å². The molecule has 168 valence electrons. The molecule has 2 saturated heterocycles. The Labute approximate surface area is 188 Å². The summed E-state index contributed by atoms with van der Waals surface area (Å²) in [5, 5.41) is 3.94. The molecule has 2 fully saturated rings. The number of carbonyl (C=O) groups is 2. The van der Waals surface area contributed by atoms with Crippen LogP contribution in [0, 0.1) is 0 Å². The van der Waals surface area contributed by atoms with E-state index in [9.17, 15) is 9.59 Å². The molecule has 0 unspecified atom stereocenters. The van der Waals surface area contributed by atoms with Gasteiger partial charge in [-0.25, -0.2) is 4.98 Å². The number of piperidine rings is 2. The van der Waals surface area contributed by atoms with Crippen molar-refractivity contribution in [3.05, 3.63) is 29.5 Å². The average Bonchev–Trinajstić information content (AvgIpc) is 2.74. The predicted molar refractivity (Wildman–Crippen MR) is 123 cm³/mol. The largest absolute Gasteiger partial charge is 0.381 e. The molecule has 0 aromatic carbocycles. The number of nitrogens with two attached hydrogens (primary N) is 1. The van der Waals surface area contributed by atoms with Gasteiger partial charge in [0.25, 0.3) is 0 Å². The second-order valence-electron chi connectivity index (χ2n) is 8.16. The second kappa shape index (κ2) is 10.7. The lowest BCUT2D eigenvalue weighted by Gasteiger charge is -2.32. The maximum Gasteiger partial charge on any atom is 0.219 e. The first kappa shape index (κ1) is 23.2. The standard InChI is InChI=1S/C15H17ClN4O.C7H14N2O/c1-10(21)20-6-4-11(5-7-20)18-12-8-14-13(17-9-12)2-3-15(16)19-14;1-6(10)9-4-2-7(8)3-5-9/h2-3,8-9,11,18H,4-7H2,1H3;7H,2-5,8H2,1H3. The normalized spacial score (nSPS) is 17.8. The van der Waals surface area contributed by atoms with E-state index >= 15 is 0 Å². The monoisotopic (exact) mass is 446 g/mol. The van der Waals surface area contributed by atoms with E-state index in [1.807, 2.05) is 28.1 Å². The van der Waals surface area contributed by atoms with E-state index in [2.05, 4.69) is 15.3 Å². The Morgan fingerprint density at radius 2 is 1.58 bits per heavy atom. The molecule has 9 heteroatoms. The zero-order valence-corrected chi connectivity index (χ0v) is 18.9. The van der Waals surface area contributed by atoms with Gasteiger partial charge in [-0.3, -0.25) is 14.6 Å². The number of likely N-dealkylation sites (tertiary alicyclic amines) is 2. The Bertz CT molecular complexity index is 908. The van der Waals surface area contributed by atoms with Gasteiger partial charge in [0.1, 0.15) is 5.15 Å². The Morgan fingerprint density at radius 1 is 1.00 bits per heavy atom.